The molecule has 0 bridgehead atoms. The summed E-state index contributed by atoms with van der Waals surface area (Å²) in [6.07, 6.45) is 2.32. The van der Waals surface area contributed by atoms with E-state index in [1.54, 1.807) is 19.0 Å². The number of likely N-dealkylation sites (N-methyl/N-ethyl adjacent to an activating group) is 1. The van der Waals surface area contributed by atoms with Crippen LogP contribution in [0.3, 0.4) is 0 Å². The second-order valence-corrected chi connectivity index (χ2v) is 6.81. The number of carbonyl (C=O) groups is 2. The molecule has 2 rings (SSSR count). The van der Waals surface area contributed by atoms with Crippen LogP contribution in [0.15, 0.2) is 4.99 Å². The van der Waals surface area contributed by atoms with Gasteiger partial charge in [-0.1, -0.05) is 13.8 Å². The molecule has 1 N–H and O–H groups in total. The highest BCUT2D eigenvalue weighted by Gasteiger charge is 2.28. The lowest BCUT2D eigenvalue weighted by Gasteiger charge is -2.37. The van der Waals surface area contributed by atoms with Crippen LogP contribution in [0, 0.1) is 5.92 Å². The Morgan fingerprint density at radius 2 is 1.70 bits per heavy atom. The van der Waals surface area contributed by atoms with Crippen molar-refractivity contribution in [2.24, 2.45) is 10.9 Å². The van der Waals surface area contributed by atoms with E-state index in [2.05, 4.69) is 15.2 Å². The number of hydrogen-bond acceptors (Lipinski definition) is 3. The Bertz CT molecular complexity index is 463. The van der Waals surface area contributed by atoms with Gasteiger partial charge in [-0.2, -0.15) is 0 Å². The van der Waals surface area contributed by atoms with E-state index in [9.17, 15) is 9.59 Å². The fraction of sp³-hybridized carbons (Fsp3) is 0.812. The summed E-state index contributed by atoms with van der Waals surface area (Å²) in [7, 11) is 3.48. The molecule has 0 spiro atoms. The molecule has 1 saturated heterocycles. The van der Waals surface area contributed by atoms with Gasteiger partial charge in [0.25, 0.3) is 0 Å². The van der Waals surface area contributed by atoms with Crippen LogP contribution in [-0.2, 0) is 9.59 Å². The summed E-state index contributed by atoms with van der Waals surface area (Å²) in [6.45, 7) is 6.97. The third-order valence-electron chi connectivity index (χ3n) is 4.16. The molecule has 0 aromatic rings. The molecular weight excluding hydrogens is 294 g/mol. The Morgan fingerprint density at radius 1 is 1.13 bits per heavy atom. The minimum Gasteiger partial charge on any atom is -0.353 e. The van der Waals surface area contributed by atoms with Crippen molar-refractivity contribution >= 4 is 17.8 Å². The third kappa shape index (κ3) is 5.11. The van der Waals surface area contributed by atoms with Crippen molar-refractivity contribution in [1.82, 2.24) is 20.0 Å². The minimum absolute atomic E-state index is 0.00582. The van der Waals surface area contributed by atoms with Crippen LogP contribution in [0.5, 0.6) is 0 Å². The van der Waals surface area contributed by atoms with Gasteiger partial charge in [-0.25, -0.2) is 4.99 Å². The molecule has 1 aliphatic carbocycles. The molecule has 130 valence electrons. The maximum atomic E-state index is 12.1. The lowest BCUT2D eigenvalue weighted by Crippen LogP contribution is -2.54. The van der Waals surface area contributed by atoms with Crippen LogP contribution >= 0.6 is 0 Å². The highest BCUT2D eigenvalue weighted by molar-refractivity contribution is 5.85. The van der Waals surface area contributed by atoms with E-state index in [1.807, 2.05) is 18.7 Å². The zero-order chi connectivity index (χ0) is 17.0. The van der Waals surface area contributed by atoms with Crippen molar-refractivity contribution in [1.29, 1.82) is 0 Å². The summed E-state index contributed by atoms with van der Waals surface area (Å²) in [6, 6.07) is 0.485. The predicted octanol–water partition coefficient (Wildman–Crippen LogP) is -0.0172. The second-order valence-electron chi connectivity index (χ2n) is 6.81. The van der Waals surface area contributed by atoms with Gasteiger partial charge in [-0.3, -0.25) is 9.59 Å². The van der Waals surface area contributed by atoms with Gasteiger partial charge < -0.3 is 20.0 Å². The normalized spacial score (nSPS) is 19.1. The molecule has 23 heavy (non-hydrogen) atoms. The molecule has 1 saturated carbocycles. The van der Waals surface area contributed by atoms with Gasteiger partial charge in [-0.15, -0.1) is 0 Å². The average molecular weight is 323 g/mol. The molecule has 2 amide bonds. The number of carbonyl (C=O) groups excluding carboxylic acids is 2. The molecule has 2 fully saturated rings. The summed E-state index contributed by atoms with van der Waals surface area (Å²) in [5.41, 5.74) is 0. The molecule has 1 heterocycles. The lowest BCUT2D eigenvalue weighted by atomic mass is 10.1. The Hall–Kier alpha value is -1.79. The van der Waals surface area contributed by atoms with Gasteiger partial charge in [0.2, 0.25) is 11.8 Å². The molecule has 0 radical (unpaired) electrons. The summed E-state index contributed by atoms with van der Waals surface area (Å²) in [5, 5.41) is 3.42. The van der Waals surface area contributed by atoms with Crippen LogP contribution in [0.1, 0.15) is 26.7 Å². The SMILES string of the molecule is CC(C)C(=O)N1CCN(C(=NCC(=O)N(C)C)NC2CC2)CC1. The van der Waals surface area contributed by atoms with E-state index in [0.717, 1.165) is 31.9 Å². The quantitative estimate of drug-likeness (QED) is 0.583. The smallest absolute Gasteiger partial charge is 0.243 e. The largest absolute Gasteiger partial charge is 0.353 e. The van der Waals surface area contributed by atoms with E-state index in [0.29, 0.717) is 19.1 Å². The molecule has 7 nitrogen and oxygen atoms in total. The van der Waals surface area contributed by atoms with Crippen molar-refractivity contribution in [3.8, 4) is 0 Å². The summed E-state index contributed by atoms with van der Waals surface area (Å²) in [4.78, 5) is 34.0. The first kappa shape index (κ1) is 17.6. The first-order valence-electron chi connectivity index (χ1n) is 8.43. The molecule has 0 aromatic carbocycles. The Morgan fingerprint density at radius 3 is 2.17 bits per heavy atom. The number of aliphatic imine (C=N–C) groups is 1. The van der Waals surface area contributed by atoms with E-state index in [4.69, 9.17) is 0 Å². The van der Waals surface area contributed by atoms with Crippen molar-refractivity contribution in [3.63, 3.8) is 0 Å². The molecule has 7 heteroatoms. The second kappa shape index (κ2) is 7.66. The van der Waals surface area contributed by atoms with E-state index in [1.165, 1.54) is 0 Å². The zero-order valence-corrected chi connectivity index (χ0v) is 14.7. The fourth-order valence-corrected chi connectivity index (χ4v) is 2.43. The number of rotatable bonds is 4. The van der Waals surface area contributed by atoms with Crippen LogP contribution in [0.2, 0.25) is 0 Å². The van der Waals surface area contributed by atoms with Crippen molar-refractivity contribution in [2.45, 2.75) is 32.7 Å². The Labute approximate surface area is 138 Å². The Kier molecular flexibility index (Phi) is 5.85. The fourth-order valence-electron chi connectivity index (χ4n) is 2.43. The predicted molar refractivity (Wildman–Crippen MR) is 90.1 cm³/mol. The molecule has 1 aliphatic heterocycles. The van der Waals surface area contributed by atoms with Crippen LogP contribution in [-0.4, -0.2) is 85.3 Å². The number of hydrogen-bond donors (Lipinski definition) is 1. The summed E-state index contributed by atoms with van der Waals surface area (Å²) in [5.74, 6) is 1.05. The van der Waals surface area contributed by atoms with E-state index >= 15 is 0 Å². The topological polar surface area (TPSA) is 68.2 Å². The highest BCUT2D eigenvalue weighted by atomic mass is 16.2. The van der Waals surface area contributed by atoms with Gasteiger partial charge in [0.1, 0.15) is 6.54 Å². The first-order valence-corrected chi connectivity index (χ1v) is 8.43. The molecule has 0 atom stereocenters. The number of nitrogens with zero attached hydrogens (tertiary/aromatic N) is 4. The van der Waals surface area contributed by atoms with Gasteiger partial charge in [0, 0.05) is 52.2 Å². The monoisotopic (exact) mass is 323 g/mol. The van der Waals surface area contributed by atoms with Crippen LogP contribution in [0.4, 0.5) is 0 Å². The van der Waals surface area contributed by atoms with Crippen molar-refractivity contribution in [3.05, 3.63) is 0 Å². The summed E-state index contributed by atoms with van der Waals surface area (Å²) < 4.78 is 0. The molecule has 0 unspecified atom stereocenters. The van der Waals surface area contributed by atoms with Crippen molar-refractivity contribution in [2.75, 3.05) is 46.8 Å². The van der Waals surface area contributed by atoms with E-state index < -0.39 is 0 Å². The lowest BCUT2D eigenvalue weighted by molar-refractivity contribution is -0.135. The summed E-state index contributed by atoms with van der Waals surface area (Å²) >= 11 is 0. The van der Waals surface area contributed by atoms with Gasteiger partial charge in [-0.05, 0) is 12.8 Å². The zero-order valence-electron chi connectivity index (χ0n) is 14.7. The van der Waals surface area contributed by atoms with Crippen molar-refractivity contribution < 1.29 is 9.59 Å². The third-order valence-corrected chi connectivity index (χ3v) is 4.16. The van der Waals surface area contributed by atoms with Gasteiger partial charge in [0.05, 0.1) is 0 Å². The maximum Gasteiger partial charge on any atom is 0.243 e. The van der Waals surface area contributed by atoms with Gasteiger partial charge >= 0.3 is 0 Å². The standard InChI is InChI=1S/C16H29N5O2/c1-12(2)15(23)20-7-9-21(10-8-20)16(18-13-5-6-13)17-11-14(22)19(3)4/h12-13H,5-11H2,1-4H3,(H,17,18). The Balaban J connectivity index is 1.93. The minimum atomic E-state index is -0.00582. The maximum absolute atomic E-state index is 12.1. The van der Waals surface area contributed by atoms with Gasteiger partial charge in [0.15, 0.2) is 5.96 Å². The highest BCUT2D eigenvalue weighted by Crippen LogP contribution is 2.19. The number of amides is 2. The van der Waals surface area contributed by atoms with Crippen LogP contribution < -0.4 is 5.32 Å². The molecular formula is C16H29N5O2. The molecule has 2 aliphatic rings. The average Bonchev–Trinajstić information content (AvgIpc) is 3.34. The first-order chi connectivity index (χ1) is 10.9. The van der Waals surface area contributed by atoms with Crippen LogP contribution in [0.25, 0.3) is 0 Å². The van der Waals surface area contributed by atoms with E-state index in [-0.39, 0.29) is 24.3 Å². The molecule has 0 aromatic heterocycles. The number of piperazine rings is 1. The number of guanidine groups is 1. The number of nitrogens with one attached hydrogen (secondary N) is 1.